The molecule has 0 amide bonds. The lowest BCUT2D eigenvalue weighted by atomic mass is 9.91. The van der Waals surface area contributed by atoms with Crippen molar-refractivity contribution in [1.82, 2.24) is 4.90 Å². The number of nitrogens with zero attached hydrogens (tertiary/aromatic N) is 1. The van der Waals surface area contributed by atoms with Crippen LogP contribution in [0.4, 0.5) is 0 Å². The highest BCUT2D eigenvalue weighted by molar-refractivity contribution is 9.11. The van der Waals surface area contributed by atoms with Crippen LogP contribution in [0.1, 0.15) is 35.4 Å². The summed E-state index contributed by atoms with van der Waals surface area (Å²) in [7, 11) is 1.93. The van der Waals surface area contributed by atoms with Crippen LogP contribution in [-0.4, -0.2) is 41.5 Å². The van der Waals surface area contributed by atoms with Gasteiger partial charge in [0.1, 0.15) is 0 Å². The highest BCUT2D eigenvalue weighted by Gasteiger charge is 2.27. The summed E-state index contributed by atoms with van der Waals surface area (Å²) in [5.41, 5.74) is 0. The van der Waals surface area contributed by atoms with E-state index in [2.05, 4.69) is 15.9 Å². The van der Waals surface area contributed by atoms with Crippen molar-refractivity contribution in [1.29, 1.82) is 0 Å². The zero-order chi connectivity index (χ0) is 13.1. The van der Waals surface area contributed by atoms with Crippen LogP contribution in [0.25, 0.3) is 0 Å². The van der Waals surface area contributed by atoms with E-state index < -0.39 is 0 Å². The van der Waals surface area contributed by atoms with E-state index >= 15 is 0 Å². The van der Waals surface area contributed by atoms with Crippen LogP contribution in [0.2, 0.25) is 0 Å². The molecule has 1 N–H and O–H groups in total. The van der Waals surface area contributed by atoms with Gasteiger partial charge in [0.25, 0.3) is 0 Å². The molecule has 1 aliphatic rings. The Morgan fingerprint density at radius 1 is 1.50 bits per heavy atom. The molecular formula is C13H18BrNO2S. The van der Waals surface area contributed by atoms with Gasteiger partial charge in [-0.15, -0.1) is 11.3 Å². The number of aliphatic hydroxyl groups is 1. The lowest BCUT2D eigenvalue weighted by Gasteiger charge is -2.34. The van der Waals surface area contributed by atoms with Crippen LogP contribution < -0.4 is 0 Å². The molecule has 0 spiro atoms. The summed E-state index contributed by atoms with van der Waals surface area (Å²) in [4.78, 5) is 14.9. The van der Waals surface area contributed by atoms with Gasteiger partial charge in [-0.3, -0.25) is 9.69 Å². The Bertz CT molecular complexity index is 421. The fourth-order valence-electron chi connectivity index (χ4n) is 2.49. The third kappa shape index (κ3) is 3.41. The second-order valence-corrected chi connectivity index (χ2v) is 7.32. The van der Waals surface area contributed by atoms with Crippen LogP contribution >= 0.6 is 27.3 Å². The van der Waals surface area contributed by atoms with Gasteiger partial charge in [0.05, 0.1) is 21.3 Å². The molecule has 100 valence electrons. The number of thiophene rings is 1. The molecule has 2 unspecified atom stereocenters. The van der Waals surface area contributed by atoms with Gasteiger partial charge in [-0.1, -0.05) is 12.8 Å². The smallest absolute Gasteiger partial charge is 0.186 e. The minimum absolute atomic E-state index is 0.131. The molecule has 1 aromatic rings. The molecule has 1 aromatic heterocycles. The minimum Gasteiger partial charge on any atom is -0.391 e. The molecule has 1 heterocycles. The Morgan fingerprint density at radius 3 is 2.83 bits per heavy atom. The topological polar surface area (TPSA) is 40.5 Å². The first-order valence-corrected chi connectivity index (χ1v) is 7.85. The number of hydrogen-bond donors (Lipinski definition) is 1. The quantitative estimate of drug-likeness (QED) is 0.862. The molecule has 2 rings (SSSR count). The van der Waals surface area contributed by atoms with E-state index in [4.69, 9.17) is 0 Å². The molecule has 18 heavy (non-hydrogen) atoms. The summed E-state index contributed by atoms with van der Waals surface area (Å²) in [5, 5.41) is 9.97. The number of rotatable bonds is 4. The third-order valence-electron chi connectivity index (χ3n) is 3.50. The van der Waals surface area contributed by atoms with E-state index in [0.29, 0.717) is 6.54 Å². The maximum Gasteiger partial charge on any atom is 0.186 e. The Morgan fingerprint density at radius 2 is 2.22 bits per heavy atom. The predicted octanol–water partition coefficient (Wildman–Crippen LogP) is 2.93. The molecule has 1 aliphatic carbocycles. The van der Waals surface area contributed by atoms with Crippen LogP contribution in [-0.2, 0) is 0 Å². The van der Waals surface area contributed by atoms with Crippen molar-refractivity contribution in [2.75, 3.05) is 13.6 Å². The first-order chi connectivity index (χ1) is 8.58. The molecule has 1 fully saturated rings. The SMILES string of the molecule is CN(CC(=O)c1ccc(Br)s1)C1CCCCC1O. The molecule has 0 bridgehead atoms. The van der Waals surface area contributed by atoms with E-state index in [9.17, 15) is 9.90 Å². The van der Waals surface area contributed by atoms with Gasteiger partial charge >= 0.3 is 0 Å². The molecule has 0 aliphatic heterocycles. The van der Waals surface area contributed by atoms with Crippen molar-refractivity contribution < 1.29 is 9.90 Å². The monoisotopic (exact) mass is 331 g/mol. The summed E-state index contributed by atoms with van der Waals surface area (Å²) in [6.07, 6.45) is 3.79. The summed E-state index contributed by atoms with van der Waals surface area (Å²) >= 11 is 4.83. The Labute approximate surface area is 120 Å². The van der Waals surface area contributed by atoms with E-state index in [-0.39, 0.29) is 17.9 Å². The number of likely N-dealkylation sites (N-methyl/N-ethyl adjacent to an activating group) is 1. The predicted molar refractivity (Wildman–Crippen MR) is 77.2 cm³/mol. The summed E-state index contributed by atoms with van der Waals surface area (Å²) < 4.78 is 0.978. The second-order valence-electron chi connectivity index (χ2n) is 4.86. The molecule has 0 radical (unpaired) electrons. The molecule has 5 heteroatoms. The summed E-state index contributed by atoms with van der Waals surface area (Å²) in [6.45, 7) is 0.384. The Kier molecular flexibility index (Phi) is 4.95. The van der Waals surface area contributed by atoms with Gasteiger partial charge < -0.3 is 5.11 Å². The fraction of sp³-hybridized carbons (Fsp3) is 0.615. The number of ketones is 1. The van der Waals surface area contributed by atoms with Crippen LogP contribution in [0.15, 0.2) is 15.9 Å². The third-order valence-corrected chi connectivity index (χ3v) is 5.17. The van der Waals surface area contributed by atoms with Crippen LogP contribution in [0.5, 0.6) is 0 Å². The van der Waals surface area contributed by atoms with E-state index in [0.717, 1.165) is 34.3 Å². The Hall–Kier alpha value is -0.230. The number of hydrogen-bond acceptors (Lipinski definition) is 4. The lowest BCUT2D eigenvalue weighted by Crippen LogP contribution is -2.45. The number of aliphatic hydroxyl groups excluding tert-OH is 1. The number of halogens is 1. The second kappa shape index (κ2) is 6.28. The molecule has 3 nitrogen and oxygen atoms in total. The van der Waals surface area contributed by atoms with Gasteiger partial charge in [0, 0.05) is 6.04 Å². The first kappa shape index (κ1) is 14.2. The zero-order valence-corrected chi connectivity index (χ0v) is 12.8. The van der Waals surface area contributed by atoms with Gasteiger partial charge in [-0.25, -0.2) is 0 Å². The van der Waals surface area contributed by atoms with Crippen molar-refractivity contribution in [2.45, 2.75) is 37.8 Å². The molecule has 0 saturated heterocycles. The van der Waals surface area contributed by atoms with E-state index in [1.165, 1.54) is 11.3 Å². The molecular weight excluding hydrogens is 314 g/mol. The molecule has 2 atom stereocenters. The van der Waals surface area contributed by atoms with Gasteiger partial charge in [0.15, 0.2) is 5.78 Å². The van der Waals surface area contributed by atoms with Crippen LogP contribution in [0, 0.1) is 0 Å². The van der Waals surface area contributed by atoms with Crippen molar-refractivity contribution in [2.24, 2.45) is 0 Å². The van der Waals surface area contributed by atoms with Gasteiger partial charge in [-0.05, 0) is 48.0 Å². The maximum absolute atomic E-state index is 12.1. The average Bonchev–Trinajstić information content (AvgIpc) is 2.76. The maximum atomic E-state index is 12.1. The number of Topliss-reactive ketones (excluding diaryl/α,β-unsaturated/α-hetero) is 1. The summed E-state index contributed by atoms with van der Waals surface area (Å²) in [6, 6.07) is 3.88. The largest absolute Gasteiger partial charge is 0.391 e. The lowest BCUT2D eigenvalue weighted by molar-refractivity contribution is 0.0323. The van der Waals surface area contributed by atoms with Gasteiger partial charge in [-0.2, -0.15) is 0 Å². The van der Waals surface area contributed by atoms with Crippen molar-refractivity contribution in [3.63, 3.8) is 0 Å². The van der Waals surface area contributed by atoms with Crippen molar-refractivity contribution in [3.05, 3.63) is 20.8 Å². The number of carbonyl (C=O) groups is 1. The zero-order valence-electron chi connectivity index (χ0n) is 10.4. The van der Waals surface area contributed by atoms with Gasteiger partial charge in [0.2, 0.25) is 0 Å². The Balaban J connectivity index is 1.94. The summed E-state index contributed by atoms with van der Waals surface area (Å²) in [5.74, 6) is 0.131. The van der Waals surface area contributed by atoms with E-state index in [1.807, 2.05) is 24.1 Å². The number of carbonyl (C=O) groups excluding carboxylic acids is 1. The van der Waals surface area contributed by atoms with Crippen molar-refractivity contribution in [3.8, 4) is 0 Å². The van der Waals surface area contributed by atoms with E-state index in [1.54, 1.807) is 0 Å². The standard InChI is InChI=1S/C13H18BrNO2S/c1-15(9-4-2-3-5-10(9)16)8-11(17)12-6-7-13(14)18-12/h6-7,9-10,16H,2-5,8H2,1H3. The fourth-order valence-corrected chi connectivity index (χ4v) is 3.81. The van der Waals surface area contributed by atoms with Crippen LogP contribution in [0.3, 0.4) is 0 Å². The van der Waals surface area contributed by atoms with Crippen molar-refractivity contribution >= 4 is 33.0 Å². The molecule has 1 saturated carbocycles. The molecule has 0 aromatic carbocycles. The normalized spacial score (nSPS) is 24.4. The average molecular weight is 332 g/mol. The minimum atomic E-state index is -0.286. The first-order valence-electron chi connectivity index (χ1n) is 6.25. The highest BCUT2D eigenvalue weighted by Crippen LogP contribution is 2.25. The highest BCUT2D eigenvalue weighted by atomic mass is 79.9.